The fourth-order valence-electron chi connectivity index (χ4n) is 1.62. The molecule has 2 aromatic carbocycles. The third kappa shape index (κ3) is 4.66. The first kappa shape index (κ1) is 14.0. The van der Waals surface area contributed by atoms with Crippen molar-refractivity contribution in [2.24, 2.45) is 0 Å². The zero-order valence-electron chi connectivity index (χ0n) is 10.6. The van der Waals surface area contributed by atoms with Crippen molar-refractivity contribution in [3.8, 4) is 11.2 Å². The predicted molar refractivity (Wildman–Crippen MR) is 85.1 cm³/mol. The quantitative estimate of drug-likeness (QED) is 0.597. The molecule has 0 spiro atoms. The first-order valence-electron chi connectivity index (χ1n) is 5.84. The van der Waals surface area contributed by atoms with Crippen LogP contribution < -0.4 is 0 Å². The number of benzene rings is 2. The van der Waals surface area contributed by atoms with Gasteiger partial charge in [0.25, 0.3) is 0 Å². The number of hydrogen-bond acceptors (Lipinski definition) is 1. The van der Waals surface area contributed by atoms with E-state index < -0.39 is 9.93 Å². The lowest BCUT2D eigenvalue weighted by Gasteiger charge is -2.00. The highest BCUT2D eigenvalue weighted by atomic mass is 79.9. The van der Waals surface area contributed by atoms with Crippen molar-refractivity contribution in [2.75, 3.05) is 6.26 Å². The Morgan fingerprint density at radius 3 is 2.32 bits per heavy atom. The van der Waals surface area contributed by atoms with Gasteiger partial charge >= 0.3 is 0 Å². The fourth-order valence-corrected chi connectivity index (χ4v) is 3.12. The molecule has 3 heteroatoms. The minimum atomic E-state index is -2.17. The molecule has 1 nitrogen and oxygen atoms in total. The molecule has 0 saturated heterocycles. The van der Waals surface area contributed by atoms with Crippen molar-refractivity contribution in [3.63, 3.8) is 0 Å². The van der Waals surface area contributed by atoms with Crippen LogP contribution in [-0.2, 0) is 19.9 Å². The molecule has 0 heterocycles. The van der Waals surface area contributed by atoms with Crippen LogP contribution in [0.25, 0.3) is 0 Å². The molecule has 19 heavy (non-hydrogen) atoms. The van der Waals surface area contributed by atoms with Gasteiger partial charge in [0.2, 0.25) is 0 Å². The lowest BCUT2D eigenvalue weighted by atomic mass is 10.2. The summed E-state index contributed by atoms with van der Waals surface area (Å²) >= 11 is 3.39. The third-order valence-electron chi connectivity index (χ3n) is 2.54. The highest BCUT2D eigenvalue weighted by Gasteiger charge is 2.18. The number of rotatable bonds is 2. The molecule has 0 bridgehead atoms. The summed E-state index contributed by atoms with van der Waals surface area (Å²) in [7, 11) is -2.17. The van der Waals surface area contributed by atoms with Crippen LogP contribution in [0.3, 0.4) is 0 Å². The van der Waals surface area contributed by atoms with Crippen LogP contribution in [0.5, 0.6) is 0 Å². The second-order valence-corrected chi connectivity index (χ2v) is 7.79. The summed E-state index contributed by atoms with van der Waals surface area (Å²) < 4.78 is 13.5. The Balaban J connectivity index is 2.13. The van der Waals surface area contributed by atoms with Gasteiger partial charge in [0.1, 0.15) is 12.0 Å². The van der Waals surface area contributed by atoms with Crippen LogP contribution in [0.1, 0.15) is 11.1 Å². The van der Waals surface area contributed by atoms with Crippen LogP contribution in [0.15, 0.2) is 59.1 Å². The molecule has 0 amide bonds. The molecule has 0 radical (unpaired) electrons. The molecule has 0 aliphatic carbocycles. The predicted octanol–water partition coefficient (Wildman–Crippen LogP) is 4.09. The van der Waals surface area contributed by atoms with Crippen molar-refractivity contribution in [3.05, 3.63) is 70.2 Å². The van der Waals surface area contributed by atoms with Gasteiger partial charge in [-0.15, -0.1) is 0 Å². The molecule has 2 aromatic rings. The van der Waals surface area contributed by atoms with Gasteiger partial charge in [-0.25, -0.2) is 0 Å². The Morgan fingerprint density at radius 2 is 1.68 bits per heavy atom. The van der Waals surface area contributed by atoms with Gasteiger partial charge in [-0.2, -0.15) is 0 Å². The largest absolute Gasteiger partial charge is 0.162 e. The minimum absolute atomic E-state index is 0.486. The fraction of sp³-hybridized carbons (Fsp3) is 0.125. The summed E-state index contributed by atoms with van der Waals surface area (Å²) in [4.78, 5) is 0. The van der Waals surface area contributed by atoms with E-state index in [-0.39, 0.29) is 0 Å². The van der Waals surface area contributed by atoms with Crippen molar-refractivity contribution >= 4 is 25.9 Å². The molecule has 2 rings (SSSR count). The standard InChI is InChI=1S/C16H14BrOS/c1-19(18,12-11-14-5-3-2-4-6-14)13-15-7-9-16(17)10-8-15/h2-10H,13H2,1H3/q+1. The normalized spacial score (nSPS) is 13.2. The van der Waals surface area contributed by atoms with Crippen molar-refractivity contribution in [1.29, 1.82) is 0 Å². The van der Waals surface area contributed by atoms with Crippen molar-refractivity contribution in [1.82, 2.24) is 0 Å². The zero-order valence-corrected chi connectivity index (χ0v) is 13.0. The van der Waals surface area contributed by atoms with E-state index in [0.717, 1.165) is 15.6 Å². The second kappa shape index (κ2) is 6.18. The number of hydrogen-bond donors (Lipinski definition) is 0. The molecule has 0 saturated carbocycles. The van der Waals surface area contributed by atoms with Crippen LogP contribution in [0, 0.1) is 11.2 Å². The molecule has 0 aromatic heterocycles. The van der Waals surface area contributed by atoms with E-state index in [1.165, 1.54) is 0 Å². The Morgan fingerprint density at radius 1 is 1.05 bits per heavy atom. The average Bonchev–Trinajstić information content (AvgIpc) is 2.40. The maximum absolute atomic E-state index is 12.4. The lowest BCUT2D eigenvalue weighted by Crippen LogP contribution is -2.08. The first-order chi connectivity index (χ1) is 9.05. The van der Waals surface area contributed by atoms with E-state index in [9.17, 15) is 4.21 Å². The van der Waals surface area contributed by atoms with E-state index in [1.54, 1.807) is 6.26 Å². The Hall–Kier alpha value is -1.37. The van der Waals surface area contributed by atoms with Gasteiger partial charge in [0, 0.05) is 15.6 Å². The maximum atomic E-state index is 12.4. The monoisotopic (exact) mass is 333 g/mol. The van der Waals surface area contributed by atoms with Gasteiger partial charge in [0.05, 0.1) is 0 Å². The zero-order chi connectivity index (χ0) is 13.7. The van der Waals surface area contributed by atoms with Gasteiger partial charge in [0.15, 0.2) is 15.2 Å². The molecule has 1 unspecified atom stereocenters. The van der Waals surface area contributed by atoms with E-state index >= 15 is 0 Å². The Kier molecular flexibility index (Phi) is 4.57. The summed E-state index contributed by atoms with van der Waals surface area (Å²) in [5.74, 6) is 3.47. The van der Waals surface area contributed by atoms with Gasteiger partial charge in [-0.3, -0.25) is 0 Å². The lowest BCUT2D eigenvalue weighted by molar-refractivity contribution is 0.593. The van der Waals surface area contributed by atoms with Crippen LogP contribution >= 0.6 is 15.9 Å². The highest BCUT2D eigenvalue weighted by molar-refractivity contribution is 9.10. The van der Waals surface area contributed by atoms with Crippen LogP contribution in [0.2, 0.25) is 0 Å². The molecule has 0 N–H and O–H groups in total. The van der Waals surface area contributed by atoms with Gasteiger partial charge in [-0.1, -0.05) is 50.5 Å². The summed E-state index contributed by atoms with van der Waals surface area (Å²) in [5.41, 5.74) is 1.94. The van der Waals surface area contributed by atoms with Crippen LogP contribution in [-0.4, -0.2) is 6.26 Å². The molecular weight excluding hydrogens is 320 g/mol. The van der Waals surface area contributed by atoms with E-state index in [4.69, 9.17) is 0 Å². The molecule has 96 valence electrons. The molecule has 1 atom stereocenters. The van der Waals surface area contributed by atoms with Crippen molar-refractivity contribution in [2.45, 2.75) is 5.75 Å². The molecule has 0 fully saturated rings. The smallest absolute Gasteiger partial charge is 0.0901 e. The Bertz CT molecular complexity index is 651. The third-order valence-corrected chi connectivity index (χ3v) is 4.49. The number of halogens is 1. The average molecular weight is 334 g/mol. The topological polar surface area (TPSA) is 17.1 Å². The van der Waals surface area contributed by atoms with Gasteiger partial charge < -0.3 is 0 Å². The SMILES string of the molecule is C[S+](=O)(C#Cc1ccccc1)Cc1ccc(Br)cc1. The summed E-state index contributed by atoms with van der Waals surface area (Å²) in [6.45, 7) is 0. The second-order valence-electron chi connectivity index (χ2n) is 4.37. The molecule has 0 aliphatic rings. The van der Waals surface area contributed by atoms with E-state index in [1.807, 2.05) is 54.6 Å². The van der Waals surface area contributed by atoms with E-state index in [0.29, 0.717) is 5.75 Å². The van der Waals surface area contributed by atoms with E-state index in [2.05, 4.69) is 27.1 Å². The molecular formula is C16H14BrOS+. The maximum Gasteiger partial charge on any atom is 0.162 e. The van der Waals surface area contributed by atoms with Crippen molar-refractivity contribution < 1.29 is 4.21 Å². The summed E-state index contributed by atoms with van der Waals surface area (Å²) in [5, 5.41) is 2.90. The molecule has 0 aliphatic heterocycles. The Labute approximate surface area is 123 Å². The van der Waals surface area contributed by atoms with Gasteiger partial charge in [-0.05, 0) is 30.2 Å². The summed E-state index contributed by atoms with van der Waals surface area (Å²) in [6, 6.07) is 17.5. The minimum Gasteiger partial charge on any atom is -0.0901 e. The highest BCUT2D eigenvalue weighted by Crippen LogP contribution is 2.15. The van der Waals surface area contributed by atoms with Crippen LogP contribution in [0.4, 0.5) is 0 Å². The summed E-state index contributed by atoms with van der Waals surface area (Å²) in [6.07, 6.45) is 1.71. The first-order valence-corrected chi connectivity index (χ1v) is 8.77.